The second kappa shape index (κ2) is 9.21. The van der Waals surface area contributed by atoms with Gasteiger partial charge in [-0.25, -0.2) is 4.98 Å². The molecule has 0 saturated carbocycles. The van der Waals surface area contributed by atoms with Gasteiger partial charge >= 0.3 is 0 Å². The molecule has 7 nitrogen and oxygen atoms in total. The average Bonchev–Trinajstić information content (AvgIpc) is 3.07. The third kappa shape index (κ3) is 5.02. The fourth-order valence-corrected chi connectivity index (χ4v) is 4.50. The molecule has 0 radical (unpaired) electrons. The summed E-state index contributed by atoms with van der Waals surface area (Å²) in [5.41, 5.74) is 1.37. The number of nitrogens with zero attached hydrogens (tertiary/aromatic N) is 2. The highest BCUT2D eigenvalue weighted by Gasteiger charge is 2.23. The van der Waals surface area contributed by atoms with Crippen LogP contribution in [-0.4, -0.2) is 55.3 Å². The summed E-state index contributed by atoms with van der Waals surface area (Å²) >= 11 is 4.82. The maximum absolute atomic E-state index is 12.6. The monoisotopic (exact) mass is 469 g/mol. The van der Waals surface area contributed by atoms with E-state index in [-0.39, 0.29) is 18.1 Å². The molecule has 2 heterocycles. The van der Waals surface area contributed by atoms with Gasteiger partial charge in [0.05, 0.1) is 32.1 Å². The second-order valence-corrected chi connectivity index (χ2v) is 8.40. The predicted molar refractivity (Wildman–Crippen MR) is 113 cm³/mol. The highest BCUT2D eigenvalue weighted by Crippen LogP contribution is 2.35. The Hall–Kier alpha value is -1.68. The molecule has 2 atom stereocenters. The summed E-state index contributed by atoms with van der Waals surface area (Å²) in [6, 6.07) is 3.32. The number of carbonyl (C=O) groups is 1. The molecule has 0 bridgehead atoms. The SMILES string of the molecule is COc1cc(C(=O)Nc2nc(CN3CC(C)OC(C)C3)cs2)cc(OC)c1Br. The Balaban J connectivity index is 1.67. The van der Waals surface area contributed by atoms with Gasteiger partial charge in [-0.05, 0) is 41.9 Å². The van der Waals surface area contributed by atoms with E-state index in [1.807, 2.05) is 5.38 Å². The molecule has 0 aliphatic carbocycles. The number of nitrogens with one attached hydrogen (secondary N) is 1. The molecule has 9 heteroatoms. The van der Waals surface area contributed by atoms with Gasteiger partial charge in [0.25, 0.3) is 5.91 Å². The zero-order valence-electron chi connectivity index (χ0n) is 16.3. The Morgan fingerprint density at radius 2 is 1.89 bits per heavy atom. The molecule has 152 valence electrons. The van der Waals surface area contributed by atoms with Crippen molar-refractivity contribution in [3.05, 3.63) is 33.2 Å². The van der Waals surface area contributed by atoms with Gasteiger partial charge in [-0.3, -0.25) is 15.0 Å². The molecule has 1 fully saturated rings. The number of carbonyl (C=O) groups excluding carboxylic acids is 1. The van der Waals surface area contributed by atoms with E-state index in [1.165, 1.54) is 11.3 Å². The molecule has 1 aromatic carbocycles. The van der Waals surface area contributed by atoms with Crippen molar-refractivity contribution in [3.8, 4) is 11.5 Å². The van der Waals surface area contributed by atoms with E-state index in [1.54, 1.807) is 26.4 Å². The van der Waals surface area contributed by atoms with Gasteiger partial charge in [-0.1, -0.05) is 0 Å². The number of ether oxygens (including phenoxy) is 3. The van der Waals surface area contributed by atoms with Gasteiger partial charge in [0.2, 0.25) is 0 Å². The lowest BCUT2D eigenvalue weighted by molar-refractivity contribution is -0.0707. The Morgan fingerprint density at radius 1 is 1.29 bits per heavy atom. The average molecular weight is 470 g/mol. The Bertz CT molecular complexity index is 809. The van der Waals surface area contributed by atoms with Crippen molar-refractivity contribution in [1.82, 2.24) is 9.88 Å². The Kier molecular flexibility index (Phi) is 6.92. The van der Waals surface area contributed by atoms with Crippen molar-refractivity contribution in [2.75, 3.05) is 32.6 Å². The number of morpholine rings is 1. The Morgan fingerprint density at radius 3 is 2.46 bits per heavy atom. The van der Waals surface area contributed by atoms with E-state index < -0.39 is 0 Å². The quantitative estimate of drug-likeness (QED) is 0.693. The van der Waals surface area contributed by atoms with E-state index in [0.29, 0.717) is 26.7 Å². The van der Waals surface area contributed by atoms with Crippen LogP contribution in [0.1, 0.15) is 29.9 Å². The van der Waals surface area contributed by atoms with E-state index in [9.17, 15) is 4.79 Å². The number of hydrogen-bond acceptors (Lipinski definition) is 7. The zero-order valence-corrected chi connectivity index (χ0v) is 18.7. The highest BCUT2D eigenvalue weighted by molar-refractivity contribution is 9.10. The zero-order chi connectivity index (χ0) is 20.3. The molecule has 28 heavy (non-hydrogen) atoms. The minimum absolute atomic E-state index is 0.212. The molecule has 1 amide bonds. The molecule has 1 aliphatic heterocycles. The minimum atomic E-state index is -0.265. The van der Waals surface area contributed by atoms with E-state index >= 15 is 0 Å². The van der Waals surface area contributed by atoms with E-state index in [2.05, 4.69) is 45.0 Å². The van der Waals surface area contributed by atoms with Crippen LogP contribution in [0, 0.1) is 0 Å². The third-order valence-electron chi connectivity index (χ3n) is 4.36. The van der Waals surface area contributed by atoms with Crippen LogP contribution in [0.3, 0.4) is 0 Å². The number of aromatic nitrogens is 1. The van der Waals surface area contributed by atoms with Crippen molar-refractivity contribution >= 4 is 38.3 Å². The first-order valence-electron chi connectivity index (χ1n) is 8.94. The van der Waals surface area contributed by atoms with Gasteiger partial charge in [0, 0.05) is 30.6 Å². The first-order valence-corrected chi connectivity index (χ1v) is 10.6. The number of halogens is 1. The van der Waals surface area contributed by atoms with Crippen LogP contribution in [0.2, 0.25) is 0 Å². The van der Waals surface area contributed by atoms with Crippen LogP contribution in [0.15, 0.2) is 22.0 Å². The number of hydrogen-bond donors (Lipinski definition) is 1. The van der Waals surface area contributed by atoms with Gasteiger partial charge < -0.3 is 14.2 Å². The van der Waals surface area contributed by atoms with Crippen LogP contribution in [0.4, 0.5) is 5.13 Å². The molecular formula is C19H24BrN3O4S. The second-order valence-electron chi connectivity index (χ2n) is 6.74. The largest absolute Gasteiger partial charge is 0.495 e. The van der Waals surface area contributed by atoms with Crippen molar-refractivity contribution in [1.29, 1.82) is 0 Å². The highest BCUT2D eigenvalue weighted by atomic mass is 79.9. The number of anilines is 1. The van der Waals surface area contributed by atoms with Crippen molar-refractivity contribution < 1.29 is 19.0 Å². The summed E-state index contributed by atoms with van der Waals surface area (Å²) in [4.78, 5) is 19.5. The molecule has 2 unspecified atom stereocenters. The predicted octanol–water partition coefficient (Wildman–Crippen LogP) is 3.78. The molecule has 1 N–H and O–H groups in total. The molecular weight excluding hydrogens is 446 g/mol. The molecule has 3 rings (SSSR count). The number of methoxy groups -OCH3 is 2. The van der Waals surface area contributed by atoms with Crippen molar-refractivity contribution in [3.63, 3.8) is 0 Å². The summed E-state index contributed by atoms with van der Waals surface area (Å²) in [5.74, 6) is 0.790. The lowest BCUT2D eigenvalue weighted by Crippen LogP contribution is -2.44. The summed E-state index contributed by atoms with van der Waals surface area (Å²) < 4.78 is 17.0. The van der Waals surface area contributed by atoms with Crippen LogP contribution >= 0.6 is 27.3 Å². The van der Waals surface area contributed by atoms with E-state index in [0.717, 1.165) is 25.3 Å². The molecule has 2 aromatic rings. The van der Waals surface area contributed by atoms with E-state index in [4.69, 9.17) is 14.2 Å². The molecule has 1 saturated heterocycles. The van der Waals surface area contributed by atoms with Crippen LogP contribution in [-0.2, 0) is 11.3 Å². The Labute approximate surface area is 177 Å². The lowest BCUT2D eigenvalue weighted by Gasteiger charge is -2.34. The number of amides is 1. The maximum atomic E-state index is 12.6. The van der Waals surface area contributed by atoms with Gasteiger partial charge in [0.15, 0.2) is 5.13 Å². The first-order chi connectivity index (χ1) is 13.4. The fourth-order valence-electron chi connectivity index (χ4n) is 3.25. The number of rotatable bonds is 6. The van der Waals surface area contributed by atoms with Crippen LogP contribution in [0.5, 0.6) is 11.5 Å². The van der Waals surface area contributed by atoms with Crippen LogP contribution < -0.4 is 14.8 Å². The first kappa shape index (κ1) is 21.0. The van der Waals surface area contributed by atoms with Crippen LogP contribution in [0.25, 0.3) is 0 Å². The molecule has 0 spiro atoms. The number of benzene rings is 1. The normalized spacial score (nSPS) is 20.0. The standard InChI is InChI=1S/C19H24BrN3O4S/c1-11-7-23(8-12(2)27-11)9-14-10-28-19(21-14)22-18(24)13-5-15(25-3)17(20)16(6-13)26-4/h5-6,10-12H,7-9H2,1-4H3,(H,21,22,24). The summed E-state index contributed by atoms with van der Waals surface area (Å²) in [6.45, 7) is 6.65. The van der Waals surface area contributed by atoms with Gasteiger partial charge in [-0.15, -0.1) is 11.3 Å². The smallest absolute Gasteiger partial charge is 0.257 e. The number of thiazole rings is 1. The third-order valence-corrected chi connectivity index (χ3v) is 5.95. The summed E-state index contributed by atoms with van der Waals surface area (Å²) in [7, 11) is 3.09. The topological polar surface area (TPSA) is 72.9 Å². The minimum Gasteiger partial charge on any atom is -0.495 e. The molecule has 1 aromatic heterocycles. The summed E-state index contributed by atoms with van der Waals surface area (Å²) in [5, 5.41) is 5.39. The van der Waals surface area contributed by atoms with Gasteiger partial charge in [0.1, 0.15) is 16.0 Å². The van der Waals surface area contributed by atoms with Crippen molar-refractivity contribution in [2.24, 2.45) is 0 Å². The molecule has 1 aliphatic rings. The summed E-state index contributed by atoms with van der Waals surface area (Å²) in [6.07, 6.45) is 0.424. The van der Waals surface area contributed by atoms with Crippen molar-refractivity contribution in [2.45, 2.75) is 32.6 Å². The maximum Gasteiger partial charge on any atom is 0.257 e. The fraction of sp³-hybridized carbons (Fsp3) is 0.474. The van der Waals surface area contributed by atoms with Gasteiger partial charge in [-0.2, -0.15) is 0 Å². The lowest BCUT2D eigenvalue weighted by atomic mass is 10.2.